The van der Waals surface area contributed by atoms with E-state index in [0.717, 1.165) is 12.1 Å². The summed E-state index contributed by atoms with van der Waals surface area (Å²) < 4.78 is 77.4. The van der Waals surface area contributed by atoms with Crippen molar-refractivity contribution in [2.75, 3.05) is 19.4 Å². The molecule has 1 spiro atoms. The Balaban J connectivity index is 1.79. The molecule has 2 aromatic carbocycles. The van der Waals surface area contributed by atoms with E-state index in [-0.39, 0.29) is 41.3 Å². The molecule has 10 heteroatoms. The molecule has 1 heterocycles. The van der Waals surface area contributed by atoms with E-state index in [1.165, 1.54) is 31.1 Å². The summed E-state index contributed by atoms with van der Waals surface area (Å²) in [7, 11) is -2.36. The standard InChI is InChI=1S/C25H27F3N2O4S/c1-4-35(32,33)29-23-21(30(14-25(23)8-9-25)24(31)15(2)34-3)12-16-6-5-7-20(22(16)28)17-10-18(26)13-19(27)11-17/h5-7,10-11,13,15,21H,4,8-9,12,14H2,1-3H3/b29-23-/t15?,21-/m0/s1. The van der Waals surface area contributed by atoms with Crippen molar-refractivity contribution >= 4 is 21.6 Å². The zero-order valence-corrected chi connectivity index (χ0v) is 20.5. The van der Waals surface area contributed by atoms with Gasteiger partial charge >= 0.3 is 0 Å². The lowest BCUT2D eigenvalue weighted by atomic mass is 9.93. The molecule has 4 rings (SSSR count). The maximum absolute atomic E-state index is 15.6. The third kappa shape index (κ3) is 4.99. The number of methoxy groups -OCH3 is 1. The van der Waals surface area contributed by atoms with Crippen molar-refractivity contribution in [3.05, 3.63) is 59.4 Å². The summed E-state index contributed by atoms with van der Waals surface area (Å²) in [5.74, 6) is -2.90. The van der Waals surface area contributed by atoms with Gasteiger partial charge < -0.3 is 9.64 Å². The average Bonchev–Trinajstić information content (AvgIpc) is 3.54. The van der Waals surface area contributed by atoms with E-state index in [1.807, 2.05) is 0 Å². The van der Waals surface area contributed by atoms with Gasteiger partial charge in [-0.15, -0.1) is 0 Å². The maximum atomic E-state index is 15.6. The Morgan fingerprint density at radius 1 is 1.20 bits per heavy atom. The number of amides is 1. The van der Waals surface area contributed by atoms with Crippen LogP contribution in [0.2, 0.25) is 0 Å². The molecular weight excluding hydrogens is 481 g/mol. The Morgan fingerprint density at radius 3 is 2.43 bits per heavy atom. The van der Waals surface area contributed by atoms with Gasteiger partial charge in [-0.25, -0.2) is 21.6 Å². The summed E-state index contributed by atoms with van der Waals surface area (Å²) in [6, 6.07) is 6.47. The van der Waals surface area contributed by atoms with E-state index in [0.29, 0.717) is 24.6 Å². The number of nitrogens with zero attached hydrogens (tertiary/aromatic N) is 2. The van der Waals surface area contributed by atoms with E-state index in [2.05, 4.69) is 4.40 Å². The maximum Gasteiger partial charge on any atom is 0.252 e. The highest BCUT2D eigenvalue weighted by Crippen LogP contribution is 2.54. The van der Waals surface area contributed by atoms with E-state index < -0.39 is 45.0 Å². The number of hydrogen-bond acceptors (Lipinski definition) is 4. The fourth-order valence-corrected chi connectivity index (χ4v) is 5.35. The minimum Gasteiger partial charge on any atom is -0.372 e. The number of benzene rings is 2. The zero-order chi connectivity index (χ0) is 25.5. The minimum atomic E-state index is -3.76. The highest BCUT2D eigenvalue weighted by molar-refractivity contribution is 7.90. The molecular formula is C25H27F3N2O4S. The molecule has 2 aliphatic rings. The SMILES string of the molecule is CCS(=O)(=O)/N=C1/[C@H](Cc2cccc(-c3cc(F)cc(F)c3)c2F)N(C(=O)C(C)OC)CC12CC2. The van der Waals surface area contributed by atoms with Crippen molar-refractivity contribution in [1.82, 2.24) is 4.90 Å². The van der Waals surface area contributed by atoms with Gasteiger partial charge in [0.05, 0.1) is 17.5 Å². The van der Waals surface area contributed by atoms with E-state index in [1.54, 1.807) is 13.0 Å². The van der Waals surface area contributed by atoms with Gasteiger partial charge in [-0.1, -0.05) is 18.2 Å². The van der Waals surface area contributed by atoms with Gasteiger partial charge in [0.25, 0.3) is 15.9 Å². The van der Waals surface area contributed by atoms with Crippen LogP contribution in [0, 0.1) is 22.9 Å². The fraction of sp³-hybridized carbons (Fsp3) is 0.440. The summed E-state index contributed by atoms with van der Waals surface area (Å²) in [4.78, 5) is 14.7. The largest absolute Gasteiger partial charge is 0.372 e. The van der Waals surface area contributed by atoms with Crippen LogP contribution in [0.3, 0.4) is 0 Å². The Bertz CT molecular complexity index is 1270. The molecule has 0 N–H and O–H groups in total. The number of sulfonamides is 1. The summed E-state index contributed by atoms with van der Waals surface area (Å²) >= 11 is 0. The number of rotatable bonds is 7. The van der Waals surface area contributed by atoms with Crippen molar-refractivity contribution in [2.24, 2.45) is 9.81 Å². The summed E-state index contributed by atoms with van der Waals surface area (Å²) in [6.07, 6.45) is 0.539. The lowest BCUT2D eigenvalue weighted by Crippen LogP contribution is -2.44. The summed E-state index contributed by atoms with van der Waals surface area (Å²) in [6.45, 7) is 3.36. The molecule has 0 radical (unpaired) electrons. The molecule has 188 valence electrons. The first kappa shape index (κ1) is 25.4. The molecule has 0 bridgehead atoms. The Hall–Kier alpha value is -2.72. The number of halogens is 3. The van der Waals surface area contributed by atoms with E-state index in [4.69, 9.17) is 4.74 Å². The van der Waals surface area contributed by atoms with Gasteiger partial charge in [0.1, 0.15) is 23.6 Å². The van der Waals surface area contributed by atoms with E-state index >= 15 is 4.39 Å². The molecule has 1 saturated carbocycles. The monoisotopic (exact) mass is 508 g/mol. The molecule has 1 aliphatic carbocycles. The lowest BCUT2D eigenvalue weighted by molar-refractivity contribution is -0.141. The first-order chi connectivity index (χ1) is 16.5. The van der Waals surface area contributed by atoms with Crippen LogP contribution in [0.15, 0.2) is 40.8 Å². The van der Waals surface area contributed by atoms with Crippen molar-refractivity contribution < 1.29 is 31.1 Å². The van der Waals surface area contributed by atoms with Crippen molar-refractivity contribution in [2.45, 2.75) is 45.3 Å². The fourth-order valence-electron chi connectivity index (χ4n) is 4.61. The first-order valence-electron chi connectivity index (χ1n) is 11.4. The molecule has 1 unspecified atom stereocenters. The zero-order valence-electron chi connectivity index (χ0n) is 19.7. The second-order valence-corrected chi connectivity index (χ2v) is 11.1. The predicted octanol–water partition coefficient (Wildman–Crippen LogP) is 4.13. The van der Waals surface area contributed by atoms with Crippen molar-refractivity contribution in [1.29, 1.82) is 0 Å². The smallest absolute Gasteiger partial charge is 0.252 e. The minimum absolute atomic E-state index is 0.00263. The number of carbonyl (C=O) groups is 1. The van der Waals surface area contributed by atoms with Crippen LogP contribution in [-0.2, 0) is 26.0 Å². The van der Waals surface area contributed by atoms with Crippen molar-refractivity contribution in [3.8, 4) is 11.1 Å². The van der Waals surface area contributed by atoms with Crippen LogP contribution in [0.1, 0.15) is 32.3 Å². The molecule has 2 aromatic rings. The highest BCUT2D eigenvalue weighted by atomic mass is 32.2. The molecule has 1 saturated heterocycles. The Kier molecular flexibility index (Phi) is 6.80. The van der Waals surface area contributed by atoms with Gasteiger partial charge in [-0.05, 0) is 49.9 Å². The van der Waals surface area contributed by atoms with Crippen LogP contribution in [0.25, 0.3) is 11.1 Å². The number of ether oxygens (including phenoxy) is 1. The molecule has 1 amide bonds. The lowest BCUT2D eigenvalue weighted by Gasteiger charge is -2.27. The summed E-state index contributed by atoms with van der Waals surface area (Å²) in [5, 5.41) is 0. The van der Waals surface area contributed by atoms with Gasteiger partial charge in [0, 0.05) is 37.1 Å². The molecule has 2 fully saturated rings. The second kappa shape index (κ2) is 9.39. The molecule has 0 aromatic heterocycles. The normalized spacial score (nSPS) is 21.0. The quantitative estimate of drug-likeness (QED) is 0.564. The predicted molar refractivity (Wildman–Crippen MR) is 126 cm³/mol. The van der Waals surface area contributed by atoms with Gasteiger partial charge in [0.2, 0.25) is 0 Å². The van der Waals surface area contributed by atoms with Crippen LogP contribution in [0.5, 0.6) is 0 Å². The van der Waals surface area contributed by atoms with Crippen LogP contribution < -0.4 is 0 Å². The third-order valence-electron chi connectivity index (χ3n) is 6.81. The van der Waals surface area contributed by atoms with Gasteiger partial charge in [0.15, 0.2) is 0 Å². The van der Waals surface area contributed by atoms with Gasteiger partial charge in [-0.2, -0.15) is 4.40 Å². The molecule has 6 nitrogen and oxygen atoms in total. The topological polar surface area (TPSA) is 76.0 Å². The summed E-state index contributed by atoms with van der Waals surface area (Å²) in [5.41, 5.74) is 0.0330. The third-order valence-corrected chi connectivity index (χ3v) is 8.02. The number of carbonyl (C=O) groups excluding carboxylic acids is 1. The Morgan fingerprint density at radius 2 is 1.86 bits per heavy atom. The van der Waals surface area contributed by atoms with Crippen LogP contribution in [0.4, 0.5) is 13.2 Å². The highest BCUT2D eigenvalue weighted by Gasteiger charge is 2.59. The van der Waals surface area contributed by atoms with E-state index in [9.17, 15) is 22.0 Å². The number of hydrogen-bond donors (Lipinski definition) is 0. The molecule has 1 aliphatic heterocycles. The first-order valence-corrected chi connectivity index (χ1v) is 13.0. The Labute approximate surface area is 202 Å². The van der Waals surface area contributed by atoms with Crippen molar-refractivity contribution in [3.63, 3.8) is 0 Å². The van der Waals surface area contributed by atoms with Crippen LogP contribution >= 0.6 is 0 Å². The van der Waals surface area contributed by atoms with Gasteiger partial charge in [-0.3, -0.25) is 4.79 Å². The second-order valence-electron chi connectivity index (χ2n) is 9.13. The number of likely N-dealkylation sites (tertiary alicyclic amines) is 1. The average molecular weight is 509 g/mol. The molecule has 2 atom stereocenters. The molecule has 35 heavy (non-hydrogen) atoms. The van der Waals surface area contributed by atoms with Crippen LogP contribution in [-0.4, -0.2) is 56.5 Å².